The van der Waals surface area contributed by atoms with Crippen molar-refractivity contribution in [2.75, 3.05) is 26.7 Å². The number of hydrogen-bond donors (Lipinski definition) is 2. The van der Waals surface area contributed by atoms with E-state index >= 15 is 0 Å². The van der Waals surface area contributed by atoms with E-state index in [1.807, 2.05) is 19.2 Å². The van der Waals surface area contributed by atoms with E-state index in [1.165, 1.54) is 44.3 Å². The van der Waals surface area contributed by atoms with Gasteiger partial charge >= 0.3 is 0 Å². The van der Waals surface area contributed by atoms with E-state index in [2.05, 4.69) is 46.5 Å². The normalized spacial score (nSPS) is 21.4. The largest absolute Gasteiger partial charge is 0.356 e. The van der Waals surface area contributed by atoms with Crippen LogP contribution >= 0.6 is 11.6 Å². The topological polar surface area (TPSA) is 39.7 Å². The highest BCUT2D eigenvalue weighted by Crippen LogP contribution is 2.47. The summed E-state index contributed by atoms with van der Waals surface area (Å²) in [6, 6.07) is 9.47. The summed E-state index contributed by atoms with van der Waals surface area (Å²) in [5.41, 5.74) is 1.63. The molecule has 1 aromatic rings. The SMILES string of the molecule is CN=C(NCC1(c2ccc(Cl)cc2)CC1)NC1CCN(C(C)C)CC1. The van der Waals surface area contributed by atoms with Crippen LogP contribution in [0, 0.1) is 0 Å². The first-order valence-corrected chi connectivity index (χ1v) is 9.87. The maximum Gasteiger partial charge on any atom is 0.191 e. The van der Waals surface area contributed by atoms with Crippen LogP contribution in [0.1, 0.15) is 45.1 Å². The Morgan fingerprint density at radius 2 is 1.88 bits per heavy atom. The van der Waals surface area contributed by atoms with Crippen LogP contribution in [0.4, 0.5) is 0 Å². The van der Waals surface area contributed by atoms with Crippen LogP contribution < -0.4 is 10.6 Å². The third kappa shape index (κ3) is 4.68. The number of nitrogens with zero attached hydrogens (tertiary/aromatic N) is 2. The van der Waals surface area contributed by atoms with Crippen molar-refractivity contribution < 1.29 is 0 Å². The fraction of sp³-hybridized carbons (Fsp3) is 0.650. The third-order valence-corrected chi connectivity index (χ3v) is 5.98. The molecule has 1 aliphatic carbocycles. The first kappa shape index (κ1) is 18.5. The Bertz CT molecular complexity index is 584. The Kier molecular flexibility index (Phi) is 5.90. The van der Waals surface area contributed by atoms with Gasteiger partial charge in [0.05, 0.1) is 0 Å². The van der Waals surface area contributed by atoms with E-state index in [0.717, 1.165) is 17.5 Å². The van der Waals surface area contributed by atoms with Crippen molar-refractivity contribution in [3.05, 3.63) is 34.9 Å². The number of halogens is 1. The monoisotopic (exact) mass is 362 g/mol. The standard InChI is InChI=1S/C20H31ClN4/c1-15(2)25-12-8-18(9-13-25)24-19(22-3)23-14-20(10-11-20)16-4-6-17(21)7-5-16/h4-7,15,18H,8-14H2,1-3H3,(H2,22,23,24). The average Bonchev–Trinajstić information content (AvgIpc) is 3.40. The lowest BCUT2D eigenvalue weighted by molar-refractivity contribution is 0.167. The van der Waals surface area contributed by atoms with Crippen molar-refractivity contribution in [1.29, 1.82) is 0 Å². The highest BCUT2D eigenvalue weighted by Gasteiger charge is 2.44. The lowest BCUT2D eigenvalue weighted by Crippen LogP contribution is -2.50. The summed E-state index contributed by atoms with van der Waals surface area (Å²) in [7, 11) is 1.86. The number of aliphatic imine (C=N–C) groups is 1. The number of benzene rings is 1. The van der Waals surface area contributed by atoms with Crippen LogP contribution in [0.2, 0.25) is 5.02 Å². The second kappa shape index (κ2) is 7.96. The molecule has 0 amide bonds. The lowest BCUT2D eigenvalue weighted by atomic mass is 9.96. The van der Waals surface area contributed by atoms with E-state index in [1.54, 1.807) is 0 Å². The van der Waals surface area contributed by atoms with Crippen LogP contribution in [0.5, 0.6) is 0 Å². The zero-order valence-electron chi connectivity index (χ0n) is 15.7. The van der Waals surface area contributed by atoms with Crippen molar-refractivity contribution in [3.8, 4) is 0 Å². The molecular formula is C20H31ClN4. The Balaban J connectivity index is 1.49. The van der Waals surface area contributed by atoms with Gasteiger partial charge in [0.1, 0.15) is 0 Å². The maximum atomic E-state index is 6.02. The number of guanidine groups is 1. The molecule has 1 heterocycles. The molecule has 0 atom stereocenters. The van der Waals surface area contributed by atoms with Gasteiger partial charge in [-0.15, -0.1) is 0 Å². The second-order valence-electron chi connectivity index (χ2n) is 7.76. The van der Waals surface area contributed by atoms with Gasteiger partial charge in [0.25, 0.3) is 0 Å². The minimum Gasteiger partial charge on any atom is -0.356 e. The third-order valence-electron chi connectivity index (χ3n) is 5.73. The minimum absolute atomic E-state index is 0.253. The molecule has 1 aromatic carbocycles. The smallest absolute Gasteiger partial charge is 0.191 e. The van der Waals surface area contributed by atoms with Crippen LogP contribution in [-0.2, 0) is 5.41 Å². The molecule has 4 nitrogen and oxygen atoms in total. The molecule has 3 rings (SSSR count). The van der Waals surface area contributed by atoms with Gasteiger partial charge in [-0.05, 0) is 57.2 Å². The van der Waals surface area contributed by atoms with Crippen LogP contribution in [-0.4, -0.2) is 49.6 Å². The van der Waals surface area contributed by atoms with Gasteiger partial charge in [-0.1, -0.05) is 23.7 Å². The van der Waals surface area contributed by atoms with E-state index in [9.17, 15) is 0 Å². The Labute approximate surface area is 157 Å². The molecule has 0 bridgehead atoms. The highest BCUT2D eigenvalue weighted by molar-refractivity contribution is 6.30. The molecule has 0 aromatic heterocycles. The Morgan fingerprint density at radius 1 is 1.24 bits per heavy atom. The second-order valence-corrected chi connectivity index (χ2v) is 8.20. The minimum atomic E-state index is 0.253. The molecule has 1 aliphatic heterocycles. The van der Waals surface area contributed by atoms with Crippen molar-refractivity contribution in [2.24, 2.45) is 4.99 Å². The average molecular weight is 363 g/mol. The number of piperidine rings is 1. The molecule has 0 unspecified atom stereocenters. The molecular weight excluding hydrogens is 332 g/mol. The van der Waals surface area contributed by atoms with Gasteiger partial charge in [0.2, 0.25) is 0 Å². The Morgan fingerprint density at radius 3 is 2.40 bits per heavy atom. The Hall–Kier alpha value is -1.26. The predicted molar refractivity (Wildman–Crippen MR) is 107 cm³/mol. The molecule has 2 N–H and O–H groups in total. The molecule has 0 radical (unpaired) electrons. The van der Waals surface area contributed by atoms with Crippen LogP contribution in [0.15, 0.2) is 29.3 Å². The summed E-state index contributed by atoms with van der Waals surface area (Å²) in [6.07, 6.45) is 4.82. The predicted octanol–water partition coefficient (Wildman–Crippen LogP) is 3.41. The first-order chi connectivity index (χ1) is 12.0. The van der Waals surface area contributed by atoms with Crippen molar-refractivity contribution in [2.45, 2.75) is 57.0 Å². The van der Waals surface area contributed by atoms with Gasteiger partial charge in [0, 0.05) is 49.2 Å². The van der Waals surface area contributed by atoms with E-state index in [-0.39, 0.29) is 5.41 Å². The summed E-state index contributed by atoms with van der Waals surface area (Å²) in [6.45, 7) is 7.82. The quantitative estimate of drug-likeness (QED) is 0.623. The fourth-order valence-electron chi connectivity index (χ4n) is 3.72. The summed E-state index contributed by atoms with van der Waals surface area (Å²) >= 11 is 6.02. The number of rotatable bonds is 5. The molecule has 1 saturated heterocycles. The molecule has 1 saturated carbocycles. The molecule has 25 heavy (non-hydrogen) atoms. The van der Waals surface area contributed by atoms with Crippen molar-refractivity contribution >= 4 is 17.6 Å². The van der Waals surface area contributed by atoms with Gasteiger partial charge < -0.3 is 15.5 Å². The highest BCUT2D eigenvalue weighted by atomic mass is 35.5. The van der Waals surface area contributed by atoms with Crippen molar-refractivity contribution in [3.63, 3.8) is 0 Å². The van der Waals surface area contributed by atoms with E-state index in [4.69, 9.17) is 11.6 Å². The lowest BCUT2D eigenvalue weighted by Gasteiger charge is -2.35. The van der Waals surface area contributed by atoms with Crippen LogP contribution in [0.25, 0.3) is 0 Å². The number of hydrogen-bond acceptors (Lipinski definition) is 2. The van der Waals surface area contributed by atoms with Crippen molar-refractivity contribution in [1.82, 2.24) is 15.5 Å². The maximum absolute atomic E-state index is 6.02. The number of likely N-dealkylation sites (tertiary alicyclic amines) is 1. The van der Waals surface area contributed by atoms with Crippen LogP contribution in [0.3, 0.4) is 0 Å². The summed E-state index contributed by atoms with van der Waals surface area (Å²) in [5, 5.41) is 7.98. The zero-order valence-corrected chi connectivity index (χ0v) is 16.4. The summed E-state index contributed by atoms with van der Waals surface area (Å²) in [5.74, 6) is 0.934. The number of nitrogens with one attached hydrogen (secondary N) is 2. The molecule has 138 valence electrons. The fourth-order valence-corrected chi connectivity index (χ4v) is 3.85. The molecule has 5 heteroatoms. The van der Waals surface area contributed by atoms with Gasteiger partial charge in [-0.25, -0.2) is 0 Å². The first-order valence-electron chi connectivity index (χ1n) is 9.50. The van der Waals surface area contributed by atoms with Gasteiger partial charge in [0.15, 0.2) is 5.96 Å². The summed E-state index contributed by atoms with van der Waals surface area (Å²) in [4.78, 5) is 6.98. The van der Waals surface area contributed by atoms with E-state index < -0.39 is 0 Å². The molecule has 2 fully saturated rings. The van der Waals surface area contributed by atoms with Gasteiger partial charge in [-0.3, -0.25) is 4.99 Å². The van der Waals surface area contributed by atoms with E-state index in [0.29, 0.717) is 12.1 Å². The molecule has 2 aliphatic rings. The van der Waals surface area contributed by atoms with Gasteiger partial charge in [-0.2, -0.15) is 0 Å². The zero-order chi connectivity index (χ0) is 17.9. The summed E-state index contributed by atoms with van der Waals surface area (Å²) < 4.78 is 0. The molecule has 0 spiro atoms.